The molecule has 1 amide bonds. The Bertz CT molecular complexity index is 535. The summed E-state index contributed by atoms with van der Waals surface area (Å²) in [6, 6.07) is 4.71. The van der Waals surface area contributed by atoms with Crippen molar-refractivity contribution in [2.75, 3.05) is 5.32 Å². The average molecular weight is 385 g/mol. The van der Waals surface area contributed by atoms with Crippen LogP contribution in [-0.2, 0) is 4.79 Å². The molecule has 116 valence electrons. The molecule has 1 aliphatic rings. The second-order valence-corrected chi connectivity index (χ2v) is 6.42. The van der Waals surface area contributed by atoms with Crippen molar-refractivity contribution in [1.82, 2.24) is 0 Å². The van der Waals surface area contributed by atoms with Crippen LogP contribution < -0.4 is 5.32 Å². The highest BCUT2D eigenvalue weighted by Gasteiger charge is 2.48. The van der Waals surface area contributed by atoms with Gasteiger partial charge in [0.25, 0.3) is 0 Å². The quantitative estimate of drug-likeness (QED) is 0.726. The first kappa shape index (κ1) is 16.6. The van der Waals surface area contributed by atoms with Crippen molar-refractivity contribution in [3.63, 3.8) is 0 Å². The van der Waals surface area contributed by atoms with E-state index >= 15 is 0 Å². The Balaban J connectivity index is 2.12. The lowest BCUT2D eigenvalue weighted by molar-refractivity contribution is -0.197. The number of anilines is 1. The molecule has 1 fully saturated rings. The van der Waals surface area contributed by atoms with Gasteiger partial charge in [-0.05, 0) is 47.0 Å². The predicted molar refractivity (Wildman–Crippen MR) is 79.3 cm³/mol. The Morgan fingerprint density at radius 1 is 1.29 bits per heavy atom. The Labute approximate surface area is 134 Å². The van der Waals surface area contributed by atoms with E-state index in [9.17, 15) is 18.0 Å². The number of halogens is 5. The Kier molecular flexibility index (Phi) is 5.20. The Morgan fingerprint density at radius 3 is 2.57 bits per heavy atom. The molecule has 0 radical (unpaired) electrons. The molecular weight excluding hydrogens is 371 g/mol. The lowest BCUT2D eigenvalue weighted by Gasteiger charge is -2.32. The van der Waals surface area contributed by atoms with Gasteiger partial charge in [0, 0.05) is 16.1 Å². The maximum Gasteiger partial charge on any atom is 0.392 e. The minimum atomic E-state index is -4.33. The molecule has 2 rings (SSSR count). The number of alkyl halides is 3. The standard InChI is InChI=1S/C14H14BrClF3NO/c15-11-7-8(5-6-12(11)16)20-13(21)9-3-1-2-4-10(9)14(17,18)19/h5-7,9-10H,1-4H2,(H,20,21). The number of benzene rings is 1. The summed E-state index contributed by atoms with van der Waals surface area (Å²) in [6.45, 7) is 0. The third-order valence-electron chi connectivity index (χ3n) is 3.71. The van der Waals surface area contributed by atoms with Crippen LogP contribution in [-0.4, -0.2) is 12.1 Å². The van der Waals surface area contributed by atoms with Crippen LogP contribution >= 0.6 is 27.5 Å². The summed E-state index contributed by atoms with van der Waals surface area (Å²) in [5.74, 6) is -3.15. The zero-order chi connectivity index (χ0) is 15.6. The van der Waals surface area contributed by atoms with Crippen LogP contribution in [0.4, 0.5) is 18.9 Å². The maximum absolute atomic E-state index is 13.0. The molecule has 0 heterocycles. The molecule has 0 spiro atoms. The van der Waals surface area contributed by atoms with Crippen LogP contribution in [0.25, 0.3) is 0 Å². The van der Waals surface area contributed by atoms with Crippen LogP contribution in [0, 0.1) is 11.8 Å². The molecule has 1 aliphatic carbocycles. The molecule has 2 nitrogen and oxygen atoms in total. The topological polar surface area (TPSA) is 29.1 Å². The van der Waals surface area contributed by atoms with Gasteiger partial charge in [0.05, 0.1) is 10.9 Å². The molecule has 0 bridgehead atoms. The van der Waals surface area contributed by atoms with Gasteiger partial charge < -0.3 is 5.32 Å². The third kappa shape index (κ3) is 4.13. The summed E-state index contributed by atoms with van der Waals surface area (Å²) >= 11 is 9.05. The van der Waals surface area contributed by atoms with Crippen molar-refractivity contribution in [2.45, 2.75) is 31.9 Å². The minimum Gasteiger partial charge on any atom is -0.326 e. The van der Waals surface area contributed by atoms with E-state index in [2.05, 4.69) is 21.2 Å². The van der Waals surface area contributed by atoms with Crippen molar-refractivity contribution in [3.8, 4) is 0 Å². The van der Waals surface area contributed by atoms with Crippen molar-refractivity contribution in [3.05, 3.63) is 27.7 Å². The van der Waals surface area contributed by atoms with E-state index in [0.717, 1.165) is 0 Å². The maximum atomic E-state index is 13.0. The third-order valence-corrected chi connectivity index (χ3v) is 4.92. The SMILES string of the molecule is O=C(Nc1ccc(Cl)c(Br)c1)C1CCCCC1C(F)(F)F. The molecule has 7 heteroatoms. The largest absolute Gasteiger partial charge is 0.392 e. The van der Waals surface area contributed by atoms with E-state index in [-0.39, 0.29) is 12.8 Å². The normalized spacial score (nSPS) is 22.9. The molecule has 2 unspecified atom stereocenters. The fourth-order valence-corrected chi connectivity index (χ4v) is 3.14. The van der Waals surface area contributed by atoms with Gasteiger partial charge in [-0.3, -0.25) is 4.79 Å². The molecule has 0 aromatic heterocycles. The molecule has 1 N–H and O–H groups in total. The van der Waals surface area contributed by atoms with Crippen LogP contribution in [0.2, 0.25) is 5.02 Å². The van der Waals surface area contributed by atoms with Crippen molar-refractivity contribution < 1.29 is 18.0 Å². The lowest BCUT2D eigenvalue weighted by Crippen LogP contribution is -2.39. The van der Waals surface area contributed by atoms with Crippen molar-refractivity contribution in [2.24, 2.45) is 11.8 Å². The van der Waals surface area contributed by atoms with Crippen LogP contribution in [0.15, 0.2) is 22.7 Å². The number of amides is 1. The molecule has 0 saturated heterocycles. The highest BCUT2D eigenvalue weighted by atomic mass is 79.9. The molecule has 1 aromatic rings. The molecule has 1 aromatic carbocycles. The van der Waals surface area contributed by atoms with E-state index in [1.165, 1.54) is 0 Å². The molecule has 1 saturated carbocycles. The first-order valence-corrected chi connectivity index (χ1v) is 7.79. The minimum absolute atomic E-state index is 0.0197. The van der Waals surface area contributed by atoms with Gasteiger partial charge in [0.2, 0.25) is 5.91 Å². The molecule has 21 heavy (non-hydrogen) atoms. The van der Waals surface area contributed by atoms with Crippen LogP contribution in [0.3, 0.4) is 0 Å². The van der Waals surface area contributed by atoms with E-state index in [1.54, 1.807) is 18.2 Å². The van der Waals surface area contributed by atoms with Gasteiger partial charge >= 0.3 is 6.18 Å². The number of carbonyl (C=O) groups is 1. The Morgan fingerprint density at radius 2 is 1.95 bits per heavy atom. The highest BCUT2D eigenvalue weighted by molar-refractivity contribution is 9.10. The fraction of sp³-hybridized carbons (Fsp3) is 0.500. The number of nitrogens with one attached hydrogen (secondary N) is 1. The number of hydrogen-bond donors (Lipinski definition) is 1. The van der Waals surface area contributed by atoms with E-state index in [4.69, 9.17) is 11.6 Å². The molecular formula is C14H14BrClF3NO. The summed E-state index contributed by atoms with van der Waals surface area (Å²) in [5, 5.41) is 3.03. The number of carbonyl (C=O) groups excluding carboxylic acids is 1. The zero-order valence-corrected chi connectivity index (χ0v) is 13.4. The number of hydrogen-bond acceptors (Lipinski definition) is 1. The summed E-state index contributed by atoms with van der Waals surface area (Å²) in [5.41, 5.74) is 0.433. The van der Waals surface area contributed by atoms with Gasteiger partial charge in [-0.25, -0.2) is 0 Å². The average Bonchev–Trinajstić information content (AvgIpc) is 2.42. The fourth-order valence-electron chi connectivity index (χ4n) is 2.65. The summed E-state index contributed by atoms with van der Waals surface area (Å²) in [4.78, 5) is 12.2. The molecule has 0 aliphatic heterocycles. The van der Waals surface area contributed by atoms with Gasteiger partial charge in [-0.1, -0.05) is 24.4 Å². The van der Waals surface area contributed by atoms with Crippen LogP contribution in [0.1, 0.15) is 25.7 Å². The smallest absolute Gasteiger partial charge is 0.326 e. The van der Waals surface area contributed by atoms with Gasteiger partial charge in [0.1, 0.15) is 0 Å². The monoisotopic (exact) mass is 383 g/mol. The van der Waals surface area contributed by atoms with E-state index in [1.807, 2.05) is 0 Å². The van der Waals surface area contributed by atoms with E-state index < -0.39 is 23.9 Å². The predicted octanol–water partition coefficient (Wildman–Crippen LogP) is 5.41. The highest BCUT2D eigenvalue weighted by Crippen LogP contribution is 2.42. The first-order valence-electron chi connectivity index (χ1n) is 6.61. The first-order chi connectivity index (χ1) is 9.79. The van der Waals surface area contributed by atoms with Gasteiger partial charge in [-0.15, -0.1) is 0 Å². The summed E-state index contributed by atoms with van der Waals surface area (Å²) in [6.07, 6.45) is -2.88. The number of rotatable bonds is 2. The van der Waals surface area contributed by atoms with E-state index in [0.29, 0.717) is 28.0 Å². The summed E-state index contributed by atoms with van der Waals surface area (Å²) in [7, 11) is 0. The van der Waals surface area contributed by atoms with Crippen molar-refractivity contribution >= 4 is 39.1 Å². The molecule has 2 atom stereocenters. The van der Waals surface area contributed by atoms with Crippen LogP contribution in [0.5, 0.6) is 0 Å². The second-order valence-electron chi connectivity index (χ2n) is 5.16. The van der Waals surface area contributed by atoms with Crippen molar-refractivity contribution in [1.29, 1.82) is 0 Å². The Hall–Kier alpha value is -0.750. The van der Waals surface area contributed by atoms with Gasteiger partial charge in [0.15, 0.2) is 0 Å². The summed E-state index contributed by atoms with van der Waals surface area (Å²) < 4.78 is 39.6. The zero-order valence-electron chi connectivity index (χ0n) is 11.0. The second kappa shape index (κ2) is 6.57. The van der Waals surface area contributed by atoms with Gasteiger partial charge in [-0.2, -0.15) is 13.2 Å². The lowest BCUT2D eigenvalue weighted by atomic mass is 9.78.